The minimum atomic E-state index is -3.60. The highest BCUT2D eigenvalue weighted by molar-refractivity contribution is 7.89. The molecule has 7 nitrogen and oxygen atoms in total. The standard InChI is InChI=1S/C15H19ClN4O3S/c1-11(2)14-17-15(23-18-14)19-7-9-20(10-8-19)24(21,22)13-6-4-3-5-12(13)16/h3-6,11H,7-10H2,1-2H3. The lowest BCUT2D eigenvalue weighted by molar-refractivity contribution is 0.353. The highest BCUT2D eigenvalue weighted by Gasteiger charge is 2.31. The summed E-state index contributed by atoms with van der Waals surface area (Å²) in [4.78, 5) is 6.39. The quantitative estimate of drug-likeness (QED) is 0.821. The maximum absolute atomic E-state index is 12.7. The summed E-state index contributed by atoms with van der Waals surface area (Å²) in [6, 6.07) is 6.92. The van der Waals surface area contributed by atoms with Gasteiger partial charge >= 0.3 is 6.01 Å². The number of hydrogen-bond acceptors (Lipinski definition) is 6. The number of sulfonamides is 1. The molecule has 1 aromatic heterocycles. The zero-order valence-electron chi connectivity index (χ0n) is 13.5. The predicted octanol–water partition coefficient (Wildman–Crippen LogP) is 2.36. The lowest BCUT2D eigenvalue weighted by atomic mass is 10.2. The SMILES string of the molecule is CC(C)c1noc(N2CCN(S(=O)(=O)c3ccccc3Cl)CC2)n1. The fourth-order valence-corrected chi connectivity index (χ4v) is 4.42. The molecule has 0 aliphatic carbocycles. The van der Waals surface area contributed by atoms with Crippen LogP contribution in [0.15, 0.2) is 33.7 Å². The fourth-order valence-electron chi connectivity index (χ4n) is 2.50. The van der Waals surface area contributed by atoms with Crippen LogP contribution >= 0.6 is 11.6 Å². The Morgan fingerprint density at radius 1 is 1.17 bits per heavy atom. The van der Waals surface area contributed by atoms with E-state index in [0.29, 0.717) is 38.0 Å². The molecule has 24 heavy (non-hydrogen) atoms. The van der Waals surface area contributed by atoms with Gasteiger partial charge in [-0.2, -0.15) is 9.29 Å². The third-order valence-electron chi connectivity index (χ3n) is 3.91. The van der Waals surface area contributed by atoms with Gasteiger partial charge in [-0.05, 0) is 12.1 Å². The first kappa shape index (κ1) is 17.2. The summed E-state index contributed by atoms with van der Waals surface area (Å²) in [7, 11) is -3.60. The van der Waals surface area contributed by atoms with Crippen LogP contribution in [0.25, 0.3) is 0 Å². The summed E-state index contributed by atoms with van der Waals surface area (Å²) < 4.78 is 32.1. The van der Waals surface area contributed by atoms with Crippen LogP contribution in [0.5, 0.6) is 0 Å². The van der Waals surface area contributed by atoms with E-state index in [2.05, 4.69) is 10.1 Å². The number of aromatic nitrogens is 2. The molecule has 9 heteroatoms. The van der Waals surface area contributed by atoms with Crippen molar-refractivity contribution in [3.63, 3.8) is 0 Å². The molecule has 2 heterocycles. The number of benzene rings is 1. The summed E-state index contributed by atoms with van der Waals surface area (Å²) in [5, 5.41) is 4.18. The van der Waals surface area contributed by atoms with Crippen LogP contribution < -0.4 is 4.90 Å². The van der Waals surface area contributed by atoms with Crippen molar-refractivity contribution in [2.24, 2.45) is 0 Å². The van der Waals surface area contributed by atoms with Crippen LogP contribution in [0.3, 0.4) is 0 Å². The third kappa shape index (κ3) is 3.26. The molecule has 0 atom stereocenters. The Labute approximate surface area is 146 Å². The van der Waals surface area contributed by atoms with Gasteiger partial charge in [0.15, 0.2) is 5.82 Å². The first-order chi connectivity index (χ1) is 11.4. The van der Waals surface area contributed by atoms with Gasteiger partial charge < -0.3 is 9.42 Å². The average molecular weight is 371 g/mol. The van der Waals surface area contributed by atoms with Crippen molar-refractivity contribution in [3.05, 3.63) is 35.1 Å². The predicted molar refractivity (Wildman–Crippen MR) is 90.8 cm³/mol. The molecule has 0 spiro atoms. The van der Waals surface area contributed by atoms with E-state index in [4.69, 9.17) is 16.1 Å². The van der Waals surface area contributed by atoms with Crippen LogP contribution in [0.2, 0.25) is 5.02 Å². The summed E-state index contributed by atoms with van der Waals surface area (Å²) in [6.45, 7) is 5.64. The molecule has 0 N–H and O–H groups in total. The fraction of sp³-hybridized carbons (Fsp3) is 0.467. The number of anilines is 1. The monoisotopic (exact) mass is 370 g/mol. The molecule has 1 aliphatic rings. The second-order valence-electron chi connectivity index (χ2n) is 5.91. The highest BCUT2D eigenvalue weighted by Crippen LogP contribution is 2.26. The smallest absolute Gasteiger partial charge is 0.322 e. The Balaban J connectivity index is 1.71. The maximum Gasteiger partial charge on any atom is 0.324 e. The molecule has 1 fully saturated rings. The summed E-state index contributed by atoms with van der Waals surface area (Å²) in [6.07, 6.45) is 0. The Bertz CT molecular complexity index is 814. The van der Waals surface area contributed by atoms with Crippen molar-refractivity contribution in [3.8, 4) is 0 Å². The van der Waals surface area contributed by atoms with Crippen LogP contribution in [0, 0.1) is 0 Å². The third-order valence-corrected chi connectivity index (χ3v) is 6.31. The zero-order valence-corrected chi connectivity index (χ0v) is 15.1. The van der Waals surface area contributed by atoms with Crippen LogP contribution in [-0.4, -0.2) is 49.0 Å². The van der Waals surface area contributed by atoms with E-state index in [9.17, 15) is 8.42 Å². The van der Waals surface area contributed by atoms with E-state index >= 15 is 0 Å². The Morgan fingerprint density at radius 3 is 2.42 bits per heavy atom. The lowest BCUT2D eigenvalue weighted by Gasteiger charge is -2.32. The molecule has 2 aromatic rings. The Kier molecular flexibility index (Phi) is 4.80. The molecule has 0 saturated carbocycles. The summed E-state index contributed by atoms with van der Waals surface area (Å²) >= 11 is 6.04. The molecular weight excluding hydrogens is 352 g/mol. The highest BCUT2D eigenvalue weighted by atomic mass is 35.5. The van der Waals surface area contributed by atoms with Gasteiger partial charge in [0.2, 0.25) is 10.0 Å². The van der Waals surface area contributed by atoms with E-state index in [-0.39, 0.29) is 15.8 Å². The van der Waals surface area contributed by atoms with Crippen molar-refractivity contribution in [2.75, 3.05) is 31.1 Å². The maximum atomic E-state index is 12.7. The summed E-state index contributed by atoms with van der Waals surface area (Å²) in [5.41, 5.74) is 0. The van der Waals surface area contributed by atoms with E-state index < -0.39 is 10.0 Å². The lowest BCUT2D eigenvalue weighted by Crippen LogP contribution is -2.48. The second-order valence-corrected chi connectivity index (χ2v) is 8.22. The molecule has 0 unspecified atom stereocenters. The number of rotatable bonds is 4. The molecular formula is C15H19ClN4O3S. The van der Waals surface area contributed by atoms with Crippen molar-refractivity contribution < 1.29 is 12.9 Å². The molecule has 0 radical (unpaired) electrons. The van der Waals surface area contributed by atoms with Gasteiger partial charge in [-0.3, -0.25) is 0 Å². The van der Waals surface area contributed by atoms with Crippen LogP contribution in [0.1, 0.15) is 25.6 Å². The van der Waals surface area contributed by atoms with Gasteiger partial charge in [-0.15, -0.1) is 0 Å². The molecule has 130 valence electrons. The first-order valence-electron chi connectivity index (χ1n) is 7.73. The molecule has 1 aliphatic heterocycles. The van der Waals surface area contributed by atoms with Gasteiger partial charge in [0, 0.05) is 32.1 Å². The van der Waals surface area contributed by atoms with Crippen LogP contribution in [0.4, 0.5) is 6.01 Å². The molecule has 1 aromatic carbocycles. The largest absolute Gasteiger partial charge is 0.324 e. The number of hydrogen-bond donors (Lipinski definition) is 0. The van der Waals surface area contributed by atoms with Gasteiger partial charge in [0.1, 0.15) is 4.90 Å². The Hall–Kier alpha value is -1.64. The van der Waals surface area contributed by atoms with Crippen molar-refractivity contribution in [2.45, 2.75) is 24.7 Å². The molecule has 0 bridgehead atoms. The minimum Gasteiger partial charge on any atom is -0.322 e. The van der Waals surface area contributed by atoms with Crippen molar-refractivity contribution >= 4 is 27.6 Å². The Morgan fingerprint density at radius 2 is 1.83 bits per heavy atom. The van der Waals surface area contributed by atoms with E-state index in [1.807, 2.05) is 18.7 Å². The van der Waals surface area contributed by atoms with Crippen molar-refractivity contribution in [1.29, 1.82) is 0 Å². The van der Waals surface area contributed by atoms with Gasteiger partial charge in [-0.1, -0.05) is 42.7 Å². The van der Waals surface area contributed by atoms with Gasteiger partial charge in [0.25, 0.3) is 0 Å². The van der Waals surface area contributed by atoms with Gasteiger partial charge in [0.05, 0.1) is 5.02 Å². The number of halogens is 1. The number of nitrogens with zero attached hydrogens (tertiary/aromatic N) is 4. The molecule has 0 amide bonds. The molecule has 1 saturated heterocycles. The second kappa shape index (κ2) is 6.70. The van der Waals surface area contributed by atoms with E-state index in [1.165, 1.54) is 10.4 Å². The molecule has 3 rings (SSSR count). The van der Waals surface area contributed by atoms with E-state index in [1.54, 1.807) is 18.2 Å². The topological polar surface area (TPSA) is 79.5 Å². The number of piperazine rings is 1. The minimum absolute atomic E-state index is 0.139. The average Bonchev–Trinajstić information content (AvgIpc) is 3.05. The normalized spacial score (nSPS) is 16.8. The zero-order chi connectivity index (χ0) is 17.3. The van der Waals surface area contributed by atoms with Crippen molar-refractivity contribution in [1.82, 2.24) is 14.4 Å². The van der Waals surface area contributed by atoms with E-state index in [0.717, 1.165) is 0 Å². The van der Waals surface area contributed by atoms with Gasteiger partial charge in [-0.25, -0.2) is 8.42 Å². The van der Waals surface area contributed by atoms with Crippen LogP contribution in [-0.2, 0) is 10.0 Å². The summed E-state index contributed by atoms with van der Waals surface area (Å²) in [5.74, 6) is 0.834. The first-order valence-corrected chi connectivity index (χ1v) is 9.54.